The number of ether oxygens (including phenoxy) is 1. The van der Waals surface area contributed by atoms with Crippen molar-refractivity contribution in [2.75, 3.05) is 5.88 Å². The molecule has 0 spiro atoms. The van der Waals surface area contributed by atoms with Gasteiger partial charge in [0, 0.05) is 5.41 Å². The molecule has 0 atom stereocenters. The molecule has 1 heterocycles. The van der Waals surface area contributed by atoms with E-state index >= 15 is 0 Å². The van der Waals surface area contributed by atoms with Gasteiger partial charge in [-0.05, 0) is 5.56 Å². The summed E-state index contributed by atoms with van der Waals surface area (Å²) in [5.74, 6) is -0.855. The van der Waals surface area contributed by atoms with Crippen molar-refractivity contribution < 1.29 is 19.4 Å². The number of carbonyl (C=O) groups is 2. The van der Waals surface area contributed by atoms with E-state index in [2.05, 4.69) is 0 Å². The molecule has 1 aromatic carbocycles. The topological polar surface area (TPSA) is 66.8 Å². The molecule has 1 amide bonds. The summed E-state index contributed by atoms with van der Waals surface area (Å²) in [5, 5.41) is 10.3. The van der Waals surface area contributed by atoms with Gasteiger partial charge < -0.3 is 9.84 Å². The normalized spacial score (nSPS) is 14.2. The van der Waals surface area contributed by atoms with Crippen LogP contribution in [0.4, 0.5) is 4.79 Å². The van der Waals surface area contributed by atoms with Crippen molar-refractivity contribution in [3.8, 4) is 0 Å². The Morgan fingerprint density at radius 2 is 2.06 bits per heavy atom. The van der Waals surface area contributed by atoms with Crippen LogP contribution in [0.15, 0.2) is 41.4 Å². The Kier molecular flexibility index (Phi) is 3.88. The second-order valence-corrected chi connectivity index (χ2v) is 4.40. The number of benzene rings is 1. The molecule has 0 saturated heterocycles. The van der Waals surface area contributed by atoms with Crippen LogP contribution in [-0.4, -0.2) is 27.9 Å². The molecule has 94 valence electrons. The number of thioether (sulfide) groups is 1. The Morgan fingerprint density at radius 1 is 1.33 bits per heavy atom. The van der Waals surface area contributed by atoms with Gasteiger partial charge in [-0.1, -0.05) is 30.3 Å². The van der Waals surface area contributed by atoms with Gasteiger partial charge in [0.2, 0.25) is 0 Å². The molecule has 1 N–H and O–H groups in total. The van der Waals surface area contributed by atoms with Crippen molar-refractivity contribution in [2.24, 2.45) is 0 Å². The molecule has 0 unspecified atom stereocenters. The van der Waals surface area contributed by atoms with Crippen LogP contribution in [0.3, 0.4) is 0 Å². The lowest BCUT2D eigenvalue weighted by Gasteiger charge is -2.16. The SMILES string of the molecule is O=C(O)C1=CSCN1C(=O)OCc1ccccc1. The highest BCUT2D eigenvalue weighted by Crippen LogP contribution is 2.24. The zero-order chi connectivity index (χ0) is 13.0. The zero-order valence-corrected chi connectivity index (χ0v) is 10.2. The molecule has 18 heavy (non-hydrogen) atoms. The number of amides is 1. The predicted molar refractivity (Wildman–Crippen MR) is 66.6 cm³/mol. The molecule has 0 saturated carbocycles. The monoisotopic (exact) mass is 265 g/mol. The van der Waals surface area contributed by atoms with E-state index in [1.54, 1.807) is 0 Å². The quantitative estimate of drug-likeness (QED) is 0.908. The van der Waals surface area contributed by atoms with Gasteiger partial charge in [-0.2, -0.15) is 0 Å². The minimum Gasteiger partial charge on any atom is -0.477 e. The molecule has 1 aromatic rings. The lowest BCUT2D eigenvalue weighted by molar-refractivity contribution is -0.134. The summed E-state index contributed by atoms with van der Waals surface area (Å²) >= 11 is 1.25. The molecule has 2 rings (SSSR count). The van der Waals surface area contributed by atoms with Crippen molar-refractivity contribution in [1.29, 1.82) is 0 Å². The third kappa shape index (κ3) is 2.84. The Hall–Kier alpha value is -1.95. The average molecular weight is 265 g/mol. The summed E-state index contributed by atoms with van der Waals surface area (Å²) in [5.41, 5.74) is 0.816. The van der Waals surface area contributed by atoms with E-state index in [9.17, 15) is 9.59 Å². The second kappa shape index (κ2) is 5.59. The predicted octanol–water partition coefficient (Wildman–Crippen LogP) is 2.26. The summed E-state index contributed by atoms with van der Waals surface area (Å²) in [4.78, 5) is 23.7. The molecule has 0 aromatic heterocycles. The van der Waals surface area contributed by atoms with Crippen molar-refractivity contribution in [2.45, 2.75) is 6.61 Å². The first kappa shape index (κ1) is 12.5. The van der Waals surface area contributed by atoms with Gasteiger partial charge in [0.15, 0.2) is 0 Å². The maximum absolute atomic E-state index is 11.7. The molecule has 1 aliphatic rings. The standard InChI is InChI=1S/C12H11NO4S/c14-11(15)10-7-18-8-13(10)12(16)17-6-9-4-2-1-3-5-9/h1-5,7H,6,8H2,(H,14,15). The van der Waals surface area contributed by atoms with Crippen LogP contribution < -0.4 is 0 Å². The van der Waals surface area contributed by atoms with Crippen LogP contribution in [0.5, 0.6) is 0 Å². The first-order valence-electron chi connectivity index (χ1n) is 5.22. The summed E-state index contributed by atoms with van der Waals surface area (Å²) < 4.78 is 5.06. The molecular weight excluding hydrogens is 254 g/mol. The third-order valence-electron chi connectivity index (χ3n) is 2.33. The van der Waals surface area contributed by atoms with Gasteiger partial charge in [0.1, 0.15) is 12.3 Å². The summed E-state index contributed by atoms with van der Waals surface area (Å²) in [6.07, 6.45) is -0.641. The number of carbonyl (C=O) groups excluding carboxylic acids is 1. The minimum atomic E-state index is -1.13. The third-order valence-corrected chi connectivity index (χ3v) is 3.13. The van der Waals surface area contributed by atoms with Crippen molar-refractivity contribution in [1.82, 2.24) is 4.90 Å². The summed E-state index contributed by atoms with van der Waals surface area (Å²) in [7, 11) is 0. The van der Waals surface area contributed by atoms with E-state index in [1.165, 1.54) is 17.2 Å². The van der Waals surface area contributed by atoms with Gasteiger partial charge in [0.25, 0.3) is 0 Å². The second-order valence-electron chi connectivity index (χ2n) is 3.57. The van der Waals surface area contributed by atoms with Crippen LogP contribution >= 0.6 is 11.8 Å². The van der Waals surface area contributed by atoms with Gasteiger partial charge in [-0.25, -0.2) is 9.59 Å². The Labute approximate surface area is 108 Å². The molecule has 0 radical (unpaired) electrons. The molecule has 1 aliphatic heterocycles. The largest absolute Gasteiger partial charge is 0.477 e. The van der Waals surface area contributed by atoms with E-state index < -0.39 is 12.1 Å². The first-order chi connectivity index (χ1) is 8.68. The molecular formula is C12H11NO4S. The fourth-order valence-electron chi connectivity index (χ4n) is 1.44. The van der Waals surface area contributed by atoms with Gasteiger partial charge in [0.05, 0.1) is 5.88 Å². The lowest BCUT2D eigenvalue weighted by Crippen LogP contribution is -2.31. The smallest absolute Gasteiger partial charge is 0.415 e. The van der Waals surface area contributed by atoms with Crippen molar-refractivity contribution in [3.63, 3.8) is 0 Å². The van der Waals surface area contributed by atoms with E-state index in [4.69, 9.17) is 9.84 Å². The Bertz CT molecular complexity index is 486. The van der Waals surface area contributed by atoms with Crippen LogP contribution in [0.2, 0.25) is 0 Å². The van der Waals surface area contributed by atoms with E-state index in [1.807, 2.05) is 30.3 Å². The minimum absolute atomic E-state index is 0.0435. The van der Waals surface area contributed by atoms with E-state index in [-0.39, 0.29) is 18.2 Å². The maximum atomic E-state index is 11.7. The van der Waals surface area contributed by atoms with Gasteiger partial charge in [-0.3, -0.25) is 4.90 Å². The highest BCUT2D eigenvalue weighted by molar-refractivity contribution is 8.02. The highest BCUT2D eigenvalue weighted by Gasteiger charge is 2.28. The fourth-order valence-corrected chi connectivity index (χ4v) is 2.29. The molecule has 5 nitrogen and oxygen atoms in total. The van der Waals surface area contributed by atoms with Crippen LogP contribution in [0.1, 0.15) is 5.56 Å². The highest BCUT2D eigenvalue weighted by atomic mass is 32.2. The van der Waals surface area contributed by atoms with E-state index in [0.29, 0.717) is 0 Å². The van der Waals surface area contributed by atoms with Crippen molar-refractivity contribution >= 4 is 23.8 Å². The summed E-state index contributed by atoms with van der Waals surface area (Å²) in [6.45, 7) is 0.133. The number of hydrogen-bond donors (Lipinski definition) is 1. The lowest BCUT2D eigenvalue weighted by atomic mass is 10.2. The first-order valence-corrected chi connectivity index (χ1v) is 6.26. The van der Waals surface area contributed by atoms with Crippen LogP contribution in [0, 0.1) is 0 Å². The Balaban J connectivity index is 1.93. The number of nitrogens with zero attached hydrogens (tertiary/aromatic N) is 1. The number of hydrogen-bond acceptors (Lipinski definition) is 4. The molecule has 0 fully saturated rings. The average Bonchev–Trinajstić information content (AvgIpc) is 2.86. The Morgan fingerprint density at radius 3 is 2.72 bits per heavy atom. The molecule has 6 heteroatoms. The summed E-state index contributed by atoms with van der Waals surface area (Å²) in [6, 6.07) is 9.22. The van der Waals surface area contributed by atoms with Gasteiger partial charge >= 0.3 is 12.1 Å². The maximum Gasteiger partial charge on any atom is 0.415 e. The van der Waals surface area contributed by atoms with E-state index in [0.717, 1.165) is 10.5 Å². The number of rotatable bonds is 3. The molecule has 0 aliphatic carbocycles. The number of aliphatic carboxylic acids is 1. The molecule has 0 bridgehead atoms. The fraction of sp³-hybridized carbons (Fsp3) is 0.167. The van der Waals surface area contributed by atoms with Gasteiger partial charge in [-0.15, -0.1) is 11.8 Å². The number of carboxylic acid groups (broad SMARTS) is 1. The zero-order valence-electron chi connectivity index (χ0n) is 9.41. The van der Waals surface area contributed by atoms with Crippen LogP contribution in [-0.2, 0) is 16.1 Å². The van der Waals surface area contributed by atoms with Crippen molar-refractivity contribution in [3.05, 3.63) is 47.0 Å². The number of carboxylic acids is 1. The van der Waals surface area contributed by atoms with Crippen LogP contribution in [0.25, 0.3) is 0 Å².